The highest BCUT2D eigenvalue weighted by atomic mass is 32.2. The molecule has 0 aliphatic carbocycles. The molecule has 0 amide bonds. The van der Waals surface area contributed by atoms with E-state index in [1.165, 1.54) is 24.3 Å². The summed E-state index contributed by atoms with van der Waals surface area (Å²) >= 11 is 0. The molecular weight excluding hydrogens is 899 g/mol. The summed E-state index contributed by atoms with van der Waals surface area (Å²) in [6, 6.07) is 33.3. The van der Waals surface area contributed by atoms with Crippen LogP contribution >= 0.6 is 0 Å². The minimum atomic E-state index is -5.18. The van der Waals surface area contributed by atoms with Crippen LogP contribution in [0, 0.1) is 0 Å². The van der Waals surface area contributed by atoms with E-state index < -0.39 is 60.4 Å². The fourth-order valence-electron chi connectivity index (χ4n) is 6.32. The van der Waals surface area contributed by atoms with E-state index in [0.29, 0.717) is 18.5 Å². The van der Waals surface area contributed by atoms with Gasteiger partial charge in [-0.3, -0.25) is 9.44 Å². The van der Waals surface area contributed by atoms with Crippen LogP contribution in [0.3, 0.4) is 0 Å². The topological polar surface area (TPSA) is 167 Å². The zero-order valence-corrected chi connectivity index (χ0v) is 36.1. The summed E-state index contributed by atoms with van der Waals surface area (Å²) in [7, 11) is -8.38. The molecule has 6 rings (SSSR count). The molecular formula is C47H42F6N2O8S2. The molecule has 0 aliphatic heterocycles. The second kappa shape index (κ2) is 20.9. The highest BCUT2D eigenvalue weighted by Crippen LogP contribution is 2.37. The molecule has 342 valence electrons. The average molecular weight is 941 g/mol. The van der Waals surface area contributed by atoms with Crippen LogP contribution in [0.2, 0.25) is 0 Å². The first-order valence-electron chi connectivity index (χ1n) is 19.8. The molecule has 0 fully saturated rings. The highest BCUT2D eigenvalue weighted by Gasteiger charge is 2.38. The van der Waals surface area contributed by atoms with Gasteiger partial charge in [-0.25, -0.2) is 26.4 Å². The molecule has 0 saturated carbocycles. The van der Waals surface area contributed by atoms with E-state index in [0.717, 1.165) is 53.5 Å². The van der Waals surface area contributed by atoms with E-state index in [1.807, 2.05) is 41.1 Å². The third-order valence-electron chi connectivity index (χ3n) is 9.86. The van der Waals surface area contributed by atoms with Gasteiger partial charge in [0, 0.05) is 11.4 Å². The van der Waals surface area contributed by atoms with Gasteiger partial charge in [0.05, 0.1) is 32.0 Å². The number of anilines is 2. The number of aryl methyl sites for hydroxylation is 5. The Kier molecular flexibility index (Phi) is 15.9. The van der Waals surface area contributed by atoms with Crippen molar-refractivity contribution in [3.05, 3.63) is 190 Å². The average Bonchev–Trinajstić information content (AvgIpc) is 3.26. The van der Waals surface area contributed by atoms with Gasteiger partial charge in [-0.15, -0.1) is 0 Å². The first-order valence-corrected chi connectivity index (χ1v) is 22.8. The van der Waals surface area contributed by atoms with Crippen molar-refractivity contribution < 1.29 is 63.0 Å². The number of rotatable bonds is 16. The van der Waals surface area contributed by atoms with E-state index in [1.54, 1.807) is 60.7 Å². The molecule has 4 N–H and O–H groups in total. The predicted molar refractivity (Wildman–Crippen MR) is 233 cm³/mol. The number of halogens is 6. The van der Waals surface area contributed by atoms with Crippen molar-refractivity contribution in [3.8, 4) is 0 Å². The maximum Gasteiger partial charge on any atom is 0.416 e. The Morgan fingerprint density at radius 3 is 1.05 bits per heavy atom. The highest BCUT2D eigenvalue weighted by molar-refractivity contribution is 7.93. The number of aromatic carboxylic acids is 2. The SMILES string of the molecule is CCCc1ccc(S(=O)(=O)Nc2ccc(CCc3ccc(C(=O)O)cc3)cc2)cc1.O=C(O)c1ccc(CCc2ccc(NS(=O)(=O)c3cc(C(F)(F)F)cc(C(F)(F)F)c3)cc2)cc1. The lowest BCUT2D eigenvalue weighted by Gasteiger charge is -2.15. The third kappa shape index (κ3) is 14.4. The Labute approximate surface area is 371 Å². The van der Waals surface area contributed by atoms with Gasteiger partial charge in [-0.05, 0) is 139 Å². The van der Waals surface area contributed by atoms with Crippen molar-refractivity contribution in [3.63, 3.8) is 0 Å². The molecule has 0 bridgehead atoms. The molecule has 18 heteroatoms. The van der Waals surface area contributed by atoms with Gasteiger partial charge in [0.15, 0.2) is 0 Å². The van der Waals surface area contributed by atoms with E-state index in [2.05, 4.69) is 11.6 Å². The van der Waals surface area contributed by atoms with Crippen LogP contribution < -0.4 is 9.44 Å². The van der Waals surface area contributed by atoms with Gasteiger partial charge in [0.25, 0.3) is 20.0 Å². The van der Waals surface area contributed by atoms with E-state index in [4.69, 9.17) is 10.2 Å². The van der Waals surface area contributed by atoms with Crippen LogP contribution in [0.5, 0.6) is 0 Å². The Bertz CT molecular complexity index is 2770. The molecule has 0 aliphatic rings. The van der Waals surface area contributed by atoms with Crippen molar-refractivity contribution in [1.29, 1.82) is 0 Å². The van der Waals surface area contributed by atoms with Crippen molar-refractivity contribution in [2.45, 2.75) is 67.6 Å². The molecule has 10 nitrogen and oxygen atoms in total. The van der Waals surface area contributed by atoms with E-state index in [-0.39, 0.29) is 39.9 Å². The lowest BCUT2D eigenvalue weighted by atomic mass is 10.0. The van der Waals surface area contributed by atoms with Gasteiger partial charge in [-0.1, -0.05) is 74.0 Å². The second-order valence-electron chi connectivity index (χ2n) is 14.7. The van der Waals surface area contributed by atoms with Crippen molar-refractivity contribution in [2.24, 2.45) is 0 Å². The number of nitrogens with one attached hydrogen (secondary N) is 2. The number of sulfonamides is 2. The number of hydrogen-bond donors (Lipinski definition) is 4. The summed E-state index contributed by atoms with van der Waals surface area (Å²) < 4.78 is 133. The number of benzene rings is 6. The van der Waals surface area contributed by atoms with Gasteiger partial charge in [0.2, 0.25) is 0 Å². The first-order chi connectivity index (χ1) is 30.5. The van der Waals surface area contributed by atoms with Crippen LogP contribution in [0.25, 0.3) is 0 Å². The van der Waals surface area contributed by atoms with Crippen LogP contribution in [0.1, 0.15) is 73.0 Å². The third-order valence-corrected chi connectivity index (χ3v) is 12.6. The lowest BCUT2D eigenvalue weighted by molar-refractivity contribution is -0.143. The minimum Gasteiger partial charge on any atom is -0.478 e. The molecule has 0 heterocycles. The van der Waals surface area contributed by atoms with Crippen molar-refractivity contribution in [1.82, 2.24) is 0 Å². The smallest absolute Gasteiger partial charge is 0.416 e. The number of hydrogen-bond acceptors (Lipinski definition) is 6. The molecule has 0 atom stereocenters. The summed E-state index contributed by atoms with van der Waals surface area (Å²) in [5, 5.41) is 17.9. The molecule has 0 saturated heterocycles. The van der Waals surface area contributed by atoms with Crippen molar-refractivity contribution in [2.75, 3.05) is 9.44 Å². The van der Waals surface area contributed by atoms with Gasteiger partial charge < -0.3 is 10.2 Å². The van der Waals surface area contributed by atoms with Crippen LogP contribution in [0.4, 0.5) is 37.7 Å². The van der Waals surface area contributed by atoms with Gasteiger partial charge >= 0.3 is 24.3 Å². The monoisotopic (exact) mass is 940 g/mol. The van der Waals surface area contributed by atoms with Crippen LogP contribution in [0.15, 0.2) is 149 Å². The summed E-state index contributed by atoms with van der Waals surface area (Å²) in [6.45, 7) is 2.09. The first kappa shape index (κ1) is 49.4. The van der Waals surface area contributed by atoms with E-state index in [9.17, 15) is 52.8 Å². The van der Waals surface area contributed by atoms with Crippen molar-refractivity contribution >= 4 is 43.4 Å². The molecule has 65 heavy (non-hydrogen) atoms. The Balaban J connectivity index is 0.000000247. The summed E-state index contributed by atoms with van der Waals surface area (Å²) in [4.78, 5) is 20.9. The second-order valence-corrected chi connectivity index (χ2v) is 18.1. The largest absolute Gasteiger partial charge is 0.478 e. The predicted octanol–water partition coefficient (Wildman–Crippen LogP) is 10.9. The normalized spacial score (nSPS) is 11.9. The van der Waals surface area contributed by atoms with Gasteiger partial charge in [0.1, 0.15) is 0 Å². The number of carbonyl (C=O) groups is 2. The summed E-state index contributed by atoms with van der Waals surface area (Å²) in [6.07, 6.45) is -5.80. The molecule has 0 spiro atoms. The maximum absolute atomic E-state index is 13.0. The fourth-order valence-corrected chi connectivity index (χ4v) is 8.50. The van der Waals surface area contributed by atoms with Gasteiger partial charge in [-0.2, -0.15) is 26.3 Å². The molecule has 0 radical (unpaired) electrons. The number of carboxylic acids is 2. The lowest BCUT2D eigenvalue weighted by Crippen LogP contribution is -2.17. The van der Waals surface area contributed by atoms with Crippen LogP contribution in [-0.2, 0) is 64.5 Å². The quantitative estimate of drug-likeness (QED) is 0.0696. The fraction of sp³-hybridized carbons (Fsp3) is 0.191. The molecule has 6 aromatic carbocycles. The summed E-state index contributed by atoms with van der Waals surface area (Å²) in [5.74, 6) is -1.98. The number of carboxylic acid groups (broad SMARTS) is 2. The Morgan fingerprint density at radius 2 is 0.738 bits per heavy atom. The van der Waals surface area contributed by atoms with Crippen LogP contribution in [-0.4, -0.2) is 39.0 Å². The Morgan fingerprint density at radius 1 is 0.446 bits per heavy atom. The summed E-state index contributed by atoms with van der Waals surface area (Å²) in [5.41, 5.74) is 2.30. The zero-order chi connectivity index (χ0) is 47.6. The zero-order valence-electron chi connectivity index (χ0n) is 34.4. The Hall–Kier alpha value is -6.66. The van der Waals surface area contributed by atoms with E-state index >= 15 is 0 Å². The maximum atomic E-state index is 13.0. The minimum absolute atomic E-state index is 0.0504. The molecule has 0 aromatic heterocycles. The molecule has 0 unspecified atom stereocenters. The molecule has 6 aromatic rings. The number of alkyl halides is 6. The standard InChI is InChI=1S/C24H25NO4S.C23H17F6NO4S/c1-2-3-18-10-16-23(17-11-18)30(28,29)25-22-14-8-20(9-15-22)5-4-19-6-12-21(13-7-19)24(26)27;24-22(25,26)17-11-18(23(27,28)29)13-20(12-17)35(33,34)30-19-9-5-15(6-10-19)2-1-14-3-7-16(8-4-14)21(31)32/h6-17,25H,2-5H2,1H3,(H,26,27);3-13,30H,1-2H2,(H,31,32).